The van der Waals surface area contributed by atoms with Crippen LogP contribution < -0.4 is 0 Å². The lowest BCUT2D eigenvalue weighted by atomic mass is 9.48. The summed E-state index contributed by atoms with van der Waals surface area (Å²) in [5.74, 6) is 7.17. The quantitative estimate of drug-likeness (QED) is 0.342. The van der Waals surface area contributed by atoms with Crippen LogP contribution in [-0.2, 0) is 4.74 Å². The number of hydrogen-bond acceptors (Lipinski definition) is 3. The molecule has 0 N–H and O–H groups in total. The molecular formula is C32H60N2O. The van der Waals surface area contributed by atoms with Gasteiger partial charge in [-0.2, -0.15) is 10.2 Å². The highest BCUT2D eigenvalue weighted by molar-refractivity contribution is 5.07. The molecule has 0 saturated heterocycles. The summed E-state index contributed by atoms with van der Waals surface area (Å²) in [5.41, 5.74) is 1.13. The van der Waals surface area contributed by atoms with Crippen LogP contribution in [0.5, 0.6) is 0 Å². The molecule has 35 heavy (non-hydrogen) atoms. The van der Waals surface area contributed by atoms with Gasteiger partial charge in [0.2, 0.25) is 0 Å². The molecule has 0 heterocycles. The molecule has 4 aliphatic carbocycles. The Kier molecular flexibility index (Phi) is 12.5. The first kappa shape index (κ1) is 30.5. The number of ether oxygens (including phenoxy) is 1. The Morgan fingerprint density at radius 3 is 2.26 bits per heavy atom. The van der Waals surface area contributed by atoms with Gasteiger partial charge >= 0.3 is 0 Å². The standard InChI is InChI=1S/C26H46O.C4H8N2.C2H6/c1-6-18(3)23-10-11-24-22-9-8-19-16-25(4,17-27-7-2)14-12-20(19)21(22)13-15-26(23,24)5;1-3-4-6-5-2;1-2/h18-24H,6-17H2,1-5H3;3-4H,1-2H3;1-2H3/b;4-3-,6-5?;/t18?,19?,20?,21?,22?,23?,24?,25-,26?;;/m0../s1. The van der Waals surface area contributed by atoms with Gasteiger partial charge in [-0.1, -0.05) is 54.0 Å². The van der Waals surface area contributed by atoms with E-state index in [1.165, 1.54) is 44.9 Å². The average molecular weight is 489 g/mol. The van der Waals surface area contributed by atoms with Crippen molar-refractivity contribution in [2.45, 2.75) is 120 Å². The maximum atomic E-state index is 5.88. The Hall–Kier alpha value is -0.700. The number of azo groups is 1. The van der Waals surface area contributed by atoms with Crippen LogP contribution in [0.3, 0.4) is 0 Å². The molecule has 3 nitrogen and oxygen atoms in total. The maximum Gasteiger partial charge on any atom is 0.0519 e. The summed E-state index contributed by atoms with van der Waals surface area (Å²) in [4.78, 5) is 0. The molecule has 0 amide bonds. The third-order valence-electron chi connectivity index (χ3n) is 10.7. The van der Waals surface area contributed by atoms with Crippen molar-refractivity contribution in [3.8, 4) is 0 Å². The Labute approximate surface area is 219 Å². The average Bonchev–Trinajstić information content (AvgIpc) is 3.24. The Bertz CT molecular complexity index is 650. The summed E-state index contributed by atoms with van der Waals surface area (Å²) in [6.07, 6.45) is 18.4. The van der Waals surface area contributed by atoms with E-state index in [4.69, 9.17) is 4.74 Å². The van der Waals surface area contributed by atoms with Crippen molar-refractivity contribution in [3.05, 3.63) is 12.3 Å². The van der Waals surface area contributed by atoms with E-state index in [0.29, 0.717) is 10.8 Å². The zero-order valence-corrected chi connectivity index (χ0v) is 25.0. The highest BCUT2D eigenvalue weighted by Crippen LogP contribution is 2.66. The molecule has 0 aliphatic heterocycles. The lowest BCUT2D eigenvalue weighted by Crippen LogP contribution is -2.50. The summed E-state index contributed by atoms with van der Waals surface area (Å²) < 4.78 is 5.88. The second-order valence-electron chi connectivity index (χ2n) is 12.5. The predicted molar refractivity (Wildman–Crippen MR) is 152 cm³/mol. The van der Waals surface area contributed by atoms with Crippen LogP contribution >= 0.6 is 0 Å². The van der Waals surface area contributed by atoms with E-state index < -0.39 is 0 Å². The van der Waals surface area contributed by atoms with Crippen LogP contribution in [0.2, 0.25) is 0 Å². The lowest BCUT2D eigenvalue weighted by molar-refractivity contribution is -0.0921. The van der Waals surface area contributed by atoms with Crippen LogP contribution in [0.1, 0.15) is 120 Å². The third-order valence-corrected chi connectivity index (χ3v) is 10.7. The van der Waals surface area contributed by atoms with Crippen molar-refractivity contribution in [1.82, 2.24) is 0 Å². The molecule has 4 aliphatic rings. The van der Waals surface area contributed by atoms with Crippen molar-refractivity contribution in [2.75, 3.05) is 20.3 Å². The van der Waals surface area contributed by atoms with Gasteiger partial charge in [0.05, 0.1) is 6.61 Å². The largest absolute Gasteiger partial charge is 0.381 e. The van der Waals surface area contributed by atoms with Gasteiger partial charge < -0.3 is 4.74 Å². The van der Waals surface area contributed by atoms with Crippen LogP contribution in [-0.4, -0.2) is 20.3 Å². The zero-order chi connectivity index (χ0) is 26.1. The molecule has 8 unspecified atom stereocenters. The summed E-state index contributed by atoms with van der Waals surface area (Å²) >= 11 is 0. The normalized spacial score (nSPS) is 41.2. The summed E-state index contributed by atoms with van der Waals surface area (Å²) in [5, 5.41) is 7.00. The van der Waals surface area contributed by atoms with Crippen molar-refractivity contribution >= 4 is 0 Å². The zero-order valence-electron chi connectivity index (χ0n) is 25.0. The topological polar surface area (TPSA) is 34.0 Å². The molecule has 9 atom stereocenters. The monoisotopic (exact) mass is 488 g/mol. The second kappa shape index (κ2) is 14.3. The van der Waals surface area contributed by atoms with E-state index in [2.05, 4.69) is 44.8 Å². The minimum Gasteiger partial charge on any atom is -0.381 e. The molecule has 0 spiro atoms. The van der Waals surface area contributed by atoms with Crippen LogP contribution in [0.4, 0.5) is 0 Å². The predicted octanol–water partition coefficient (Wildman–Crippen LogP) is 9.97. The lowest BCUT2D eigenvalue weighted by Gasteiger charge is -2.58. The van der Waals surface area contributed by atoms with Gasteiger partial charge in [0, 0.05) is 19.9 Å². The van der Waals surface area contributed by atoms with Gasteiger partial charge in [-0.3, -0.25) is 0 Å². The van der Waals surface area contributed by atoms with E-state index in [1.807, 2.05) is 26.8 Å². The first-order valence-electron chi connectivity index (χ1n) is 15.3. The van der Waals surface area contributed by atoms with E-state index in [9.17, 15) is 0 Å². The van der Waals surface area contributed by atoms with Crippen molar-refractivity contribution in [3.63, 3.8) is 0 Å². The number of hydrogen-bond donors (Lipinski definition) is 0. The van der Waals surface area contributed by atoms with E-state index in [-0.39, 0.29) is 0 Å². The van der Waals surface area contributed by atoms with Gasteiger partial charge in [-0.25, -0.2) is 0 Å². The van der Waals surface area contributed by atoms with Gasteiger partial charge in [0.1, 0.15) is 0 Å². The Morgan fingerprint density at radius 2 is 1.66 bits per heavy atom. The number of allylic oxidation sites excluding steroid dienone is 1. The molecule has 0 aromatic heterocycles. The van der Waals surface area contributed by atoms with Gasteiger partial charge in [-0.05, 0) is 124 Å². The molecule has 4 fully saturated rings. The van der Waals surface area contributed by atoms with Gasteiger partial charge in [0.15, 0.2) is 0 Å². The minimum atomic E-state index is 0.461. The first-order valence-corrected chi connectivity index (χ1v) is 15.3. The van der Waals surface area contributed by atoms with E-state index in [1.54, 1.807) is 32.5 Å². The number of nitrogens with zero attached hydrogens (tertiary/aromatic N) is 2. The molecule has 0 radical (unpaired) electrons. The smallest absolute Gasteiger partial charge is 0.0519 e. The Morgan fingerprint density at radius 1 is 0.943 bits per heavy atom. The van der Waals surface area contributed by atoms with Gasteiger partial charge in [-0.15, -0.1) is 0 Å². The van der Waals surface area contributed by atoms with E-state index >= 15 is 0 Å². The SMILES string of the molecule is C/C=C\N=NC.CC.CCOC[C@@]1(C)CCC2C(CCC3C2CCC2(C)C(C(C)CC)CCC32)C1. The highest BCUT2D eigenvalue weighted by Gasteiger charge is 2.58. The van der Waals surface area contributed by atoms with Crippen LogP contribution in [0, 0.1) is 52.3 Å². The summed E-state index contributed by atoms with van der Waals surface area (Å²) in [6.45, 7) is 20.1. The molecular weight excluding hydrogens is 428 g/mol. The van der Waals surface area contributed by atoms with E-state index in [0.717, 1.165) is 54.6 Å². The third kappa shape index (κ3) is 6.99. The molecule has 204 valence electrons. The fourth-order valence-corrected chi connectivity index (χ4v) is 9.06. The second-order valence-corrected chi connectivity index (χ2v) is 12.5. The number of rotatable bonds is 6. The maximum absolute atomic E-state index is 5.88. The summed E-state index contributed by atoms with van der Waals surface area (Å²) in [7, 11) is 1.64. The van der Waals surface area contributed by atoms with Gasteiger partial charge in [0.25, 0.3) is 0 Å². The van der Waals surface area contributed by atoms with Crippen molar-refractivity contribution in [1.29, 1.82) is 0 Å². The fraction of sp³-hybridized carbons (Fsp3) is 0.938. The number of fused-ring (bicyclic) bond motifs is 5. The molecule has 4 rings (SSSR count). The summed E-state index contributed by atoms with van der Waals surface area (Å²) in [6, 6.07) is 0. The molecule has 3 heteroatoms. The molecule has 4 saturated carbocycles. The first-order chi connectivity index (χ1) is 16.8. The molecule has 0 bridgehead atoms. The highest BCUT2D eigenvalue weighted by atomic mass is 16.5. The fourth-order valence-electron chi connectivity index (χ4n) is 9.06. The van der Waals surface area contributed by atoms with Crippen LogP contribution in [0.15, 0.2) is 22.5 Å². The molecule has 0 aromatic carbocycles. The Balaban J connectivity index is 0.000000474. The molecule has 0 aromatic rings. The van der Waals surface area contributed by atoms with Crippen molar-refractivity contribution < 1.29 is 4.74 Å². The van der Waals surface area contributed by atoms with Crippen molar-refractivity contribution in [2.24, 2.45) is 62.5 Å². The van der Waals surface area contributed by atoms with Crippen LogP contribution in [0.25, 0.3) is 0 Å². The minimum absolute atomic E-state index is 0.461.